The first-order valence-electron chi connectivity index (χ1n) is 7.71. The van der Waals surface area contributed by atoms with Crippen LogP contribution in [0.25, 0.3) is 0 Å². The van der Waals surface area contributed by atoms with Gasteiger partial charge in [-0.2, -0.15) is 0 Å². The number of H-pyrrole nitrogens is 1. The fourth-order valence-electron chi connectivity index (χ4n) is 2.32. The maximum Gasteiger partial charge on any atom is 0.364 e. The quantitative estimate of drug-likeness (QED) is 0.618. The van der Waals surface area contributed by atoms with Crippen LogP contribution in [0.5, 0.6) is 11.8 Å². The van der Waals surface area contributed by atoms with Crippen molar-refractivity contribution >= 4 is 5.97 Å². The topological polar surface area (TPSA) is 114 Å². The Labute approximate surface area is 147 Å². The van der Waals surface area contributed by atoms with E-state index in [1.807, 2.05) is 30.3 Å². The minimum absolute atomic E-state index is 0.0330. The molecular formula is C18H16N2O6. The number of ether oxygens (including phenoxy) is 1. The number of aromatic nitrogens is 2. The fourth-order valence-corrected chi connectivity index (χ4v) is 2.32. The van der Waals surface area contributed by atoms with Gasteiger partial charge in [-0.25, -0.2) is 4.79 Å². The first-order valence-corrected chi connectivity index (χ1v) is 7.71. The average molecular weight is 356 g/mol. The van der Waals surface area contributed by atoms with Crippen molar-refractivity contribution < 1.29 is 24.6 Å². The monoisotopic (exact) mass is 356 g/mol. The van der Waals surface area contributed by atoms with Crippen molar-refractivity contribution in [2.75, 3.05) is 0 Å². The lowest BCUT2D eigenvalue weighted by Gasteiger charge is -2.10. The Morgan fingerprint density at radius 1 is 1.00 bits per heavy atom. The van der Waals surface area contributed by atoms with Crippen LogP contribution in [0, 0.1) is 0 Å². The lowest BCUT2D eigenvalue weighted by atomic mass is 10.1. The van der Waals surface area contributed by atoms with Gasteiger partial charge in [-0.3, -0.25) is 4.79 Å². The second kappa shape index (κ2) is 7.58. The van der Waals surface area contributed by atoms with E-state index in [1.54, 1.807) is 0 Å². The average Bonchev–Trinajstić information content (AvgIpc) is 2.96. The minimum atomic E-state index is -0.920. The molecule has 0 unspecified atom stereocenters. The number of carbonyl (C=O) groups excluding carboxylic acids is 1. The molecule has 0 fully saturated rings. The van der Waals surface area contributed by atoms with Crippen LogP contribution >= 0.6 is 0 Å². The van der Waals surface area contributed by atoms with Crippen molar-refractivity contribution in [3.63, 3.8) is 0 Å². The number of benzene rings is 1. The summed E-state index contributed by atoms with van der Waals surface area (Å²) in [5.74, 6) is -1.83. The van der Waals surface area contributed by atoms with Crippen molar-refractivity contribution in [3.05, 3.63) is 81.8 Å². The van der Waals surface area contributed by atoms with Crippen molar-refractivity contribution in [2.45, 2.75) is 13.2 Å². The molecule has 3 N–H and O–H groups in total. The second-order valence-electron chi connectivity index (χ2n) is 5.40. The second-order valence-corrected chi connectivity index (χ2v) is 5.40. The molecule has 3 rings (SSSR count). The summed E-state index contributed by atoms with van der Waals surface area (Å²) in [4.78, 5) is 31.8. The molecule has 0 aliphatic rings. The molecule has 8 heteroatoms. The van der Waals surface area contributed by atoms with E-state index in [9.17, 15) is 19.8 Å². The summed E-state index contributed by atoms with van der Waals surface area (Å²) in [6.07, 6.45) is 1.30. The molecule has 8 nitrogen and oxygen atoms in total. The van der Waals surface area contributed by atoms with Crippen LogP contribution in [0.1, 0.15) is 21.5 Å². The van der Waals surface area contributed by atoms with Gasteiger partial charge in [0.05, 0.1) is 24.3 Å². The Morgan fingerprint density at radius 3 is 2.38 bits per heavy atom. The van der Waals surface area contributed by atoms with Gasteiger partial charge in [0.15, 0.2) is 0 Å². The number of rotatable bonds is 6. The van der Waals surface area contributed by atoms with Crippen molar-refractivity contribution in [1.29, 1.82) is 0 Å². The lowest BCUT2D eigenvalue weighted by molar-refractivity contribution is 0.0373. The summed E-state index contributed by atoms with van der Waals surface area (Å²) in [7, 11) is 0. The smallest absolute Gasteiger partial charge is 0.364 e. The molecule has 0 atom stereocenters. The zero-order valence-electron chi connectivity index (χ0n) is 13.6. The zero-order chi connectivity index (χ0) is 18.5. The van der Waals surface area contributed by atoms with E-state index in [4.69, 9.17) is 9.57 Å². The molecule has 2 aromatic heterocycles. The zero-order valence-corrected chi connectivity index (χ0v) is 13.6. The van der Waals surface area contributed by atoms with E-state index in [-0.39, 0.29) is 24.3 Å². The molecule has 26 heavy (non-hydrogen) atoms. The summed E-state index contributed by atoms with van der Waals surface area (Å²) in [6.45, 7) is 0.155. The predicted molar refractivity (Wildman–Crippen MR) is 90.7 cm³/mol. The largest absolute Gasteiger partial charge is 0.492 e. The van der Waals surface area contributed by atoms with Crippen molar-refractivity contribution in [1.82, 2.24) is 9.71 Å². The Kier molecular flexibility index (Phi) is 5.04. The van der Waals surface area contributed by atoms with Gasteiger partial charge in [-0.15, -0.1) is 4.73 Å². The molecule has 0 aliphatic carbocycles. The Balaban J connectivity index is 1.76. The van der Waals surface area contributed by atoms with Crippen LogP contribution in [0.2, 0.25) is 0 Å². The molecule has 134 valence electrons. The summed E-state index contributed by atoms with van der Waals surface area (Å²) in [5, 5.41) is 19.1. The Morgan fingerprint density at radius 2 is 1.69 bits per heavy atom. The number of carbonyl (C=O) groups is 1. The highest BCUT2D eigenvalue weighted by Crippen LogP contribution is 2.19. The third-order valence-electron chi connectivity index (χ3n) is 3.61. The van der Waals surface area contributed by atoms with Crippen LogP contribution in [-0.2, 0) is 18.0 Å². The van der Waals surface area contributed by atoms with Crippen LogP contribution in [0.3, 0.4) is 0 Å². The fraction of sp³-hybridized carbons (Fsp3) is 0.111. The number of hydrogen-bond acceptors (Lipinski definition) is 6. The van der Waals surface area contributed by atoms with Crippen molar-refractivity contribution in [3.8, 4) is 11.8 Å². The third-order valence-corrected chi connectivity index (χ3v) is 3.61. The number of aromatic hydroxyl groups is 2. The summed E-state index contributed by atoms with van der Waals surface area (Å²) < 4.78 is 6.08. The molecule has 0 saturated heterocycles. The van der Waals surface area contributed by atoms with E-state index in [2.05, 4.69) is 4.98 Å². The molecule has 0 bridgehead atoms. The third kappa shape index (κ3) is 3.76. The van der Waals surface area contributed by atoms with Crippen LogP contribution in [0.4, 0.5) is 0 Å². The van der Waals surface area contributed by atoms with Gasteiger partial charge in [0, 0.05) is 18.3 Å². The van der Waals surface area contributed by atoms with Crippen LogP contribution in [-0.4, -0.2) is 25.9 Å². The van der Waals surface area contributed by atoms with Gasteiger partial charge in [-0.05, 0) is 11.6 Å². The maximum absolute atomic E-state index is 12.3. The molecule has 0 aliphatic heterocycles. The van der Waals surface area contributed by atoms with E-state index in [0.29, 0.717) is 4.73 Å². The highest BCUT2D eigenvalue weighted by Gasteiger charge is 2.19. The SMILES string of the molecule is O=C(On1c(O)ccc1O)c1cc[nH]c(=O)c1COCc1ccccc1. The van der Waals surface area contributed by atoms with Gasteiger partial charge in [0.25, 0.3) is 5.56 Å². The predicted octanol–water partition coefficient (Wildman–Crippen LogP) is 1.57. The lowest BCUT2D eigenvalue weighted by Crippen LogP contribution is -2.25. The van der Waals surface area contributed by atoms with Crippen LogP contribution in [0.15, 0.2) is 59.5 Å². The van der Waals surface area contributed by atoms with E-state index in [0.717, 1.165) is 17.7 Å². The number of nitrogens with zero attached hydrogens (tertiary/aromatic N) is 1. The first kappa shape index (κ1) is 17.3. The highest BCUT2D eigenvalue weighted by atomic mass is 16.7. The highest BCUT2D eigenvalue weighted by molar-refractivity contribution is 5.91. The normalized spacial score (nSPS) is 10.6. The standard InChI is InChI=1S/C18H16N2O6/c21-15-6-7-16(22)20(15)26-18(24)13-8-9-19-17(23)14(13)11-25-10-12-4-2-1-3-5-12/h1-9,21-22H,10-11H2,(H,19,23). The molecule has 0 saturated carbocycles. The van der Waals surface area contributed by atoms with Gasteiger partial charge >= 0.3 is 5.97 Å². The molecule has 3 aromatic rings. The van der Waals surface area contributed by atoms with Gasteiger partial charge in [0.2, 0.25) is 11.8 Å². The number of hydrogen-bond donors (Lipinski definition) is 3. The molecule has 2 heterocycles. The summed E-state index contributed by atoms with van der Waals surface area (Å²) in [6, 6.07) is 13.0. The number of aromatic amines is 1. The van der Waals surface area contributed by atoms with Gasteiger partial charge in [0.1, 0.15) is 0 Å². The van der Waals surface area contributed by atoms with Crippen LogP contribution < -0.4 is 10.4 Å². The number of pyridine rings is 1. The first-order chi connectivity index (χ1) is 12.6. The van der Waals surface area contributed by atoms with E-state index in [1.165, 1.54) is 12.3 Å². The van der Waals surface area contributed by atoms with Crippen molar-refractivity contribution in [2.24, 2.45) is 0 Å². The molecule has 0 radical (unpaired) electrons. The van der Waals surface area contributed by atoms with Gasteiger partial charge < -0.3 is 24.8 Å². The summed E-state index contributed by atoms with van der Waals surface area (Å²) >= 11 is 0. The Bertz CT molecular complexity index is 942. The molecule has 1 aromatic carbocycles. The molecular weight excluding hydrogens is 340 g/mol. The summed E-state index contributed by atoms with van der Waals surface area (Å²) in [5.41, 5.74) is 0.480. The maximum atomic E-state index is 12.3. The van der Waals surface area contributed by atoms with Gasteiger partial charge in [-0.1, -0.05) is 30.3 Å². The Hall–Kier alpha value is -3.52. The van der Waals surface area contributed by atoms with E-state index < -0.39 is 23.3 Å². The number of nitrogens with one attached hydrogen (secondary N) is 1. The molecule has 0 spiro atoms. The minimum Gasteiger partial charge on any atom is -0.492 e. The molecule has 0 amide bonds. The van der Waals surface area contributed by atoms with E-state index >= 15 is 0 Å².